The molecule has 0 aliphatic heterocycles. The zero-order chi connectivity index (χ0) is 13.8. The zero-order valence-corrected chi connectivity index (χ0v) is 9.91. The number of methoxy groups -OCH3 is 1. The summed E-state index contributed by atoms with van der Waals surface area (Å²) in [6.45, 7) is 0.730. The van der Waals surface area contributed by atoms with Gasteiger partial charge in [0.1, 0.15) is 11.8 Å². The summed E-state index contributed by atoms with van der Waals surface area (Å²) in [4.78, 5) is 0. The Bertz CT molecular complexity index is 452. The highest BCUT2D eigenvalue weighted by Gasteiger charge is 2.36. The van der Waals surface area contributed by atoms with E-state index in [0.29, 0.717) is 11.3 Å². The monoisotopic (exact) mass is 259 g/mol. The van der Waals surface area contributed by atoms with E-state index >= 15 is 0 Å². The summed E-state index contributed by atoms with van der Waals surface area (Å²) in [6, 6.07) is 6.43. The van der Waals surface area contributed by atoms with Crippen LogP contribution >= 0.6 is 0 Å². The minimum absolute atomic E-state index is 0.209. The molecule has 0 aromatic heterocycles. The van der Waals surface area contributed by atoms with Crippen molar-refractivity contribution in [3.05, 3.63) is 29.3 Å². The molecule has 0 saturated carbocycles. The topological polar surface area (TPSA) is 42.2 Å². The van der Waals surface area contributed by atoms with Crippen LogP contribution in [0.15, 0.2) is 18.2 Å². The molecule has 0 saturated heterocycles. The molecule has 0 fully saturated rings. The molecule has 98 valence electrons. The Morgan fingerprint density at radius 2 is 2.06 bits per heavy atom. The first kappa shape index (κ1) is 14.3. The molecule has 0 aliphatic rings. The van der Waals surface area contributed by atoms with Crippen molar-refractivity contribution in [1.29, 1.82) is 5.26 Å². The fourth-order valence-electron chi connectivity index (χ4n) is 1.25. The van der Waals surface area contributed by atoms with Crippen molar-refractivity contribution in [3.63, 3.8) is 0 Å². The molecule has 0 heterocycles. The van der Waals surface area contributed by atoms with Crippen molar-refractivity contribution in [2.75, 3.05) is 7.11 Å². The van der Waals surface area contributed by atoms with Gasteiger partial charge in [-0.05, 0) is 24.6 Å². The molecule has 1 aromatic carbocycles. The molecule has 1 atom stereocenters. The van der Waals surface area contributed by atoms with Gasteiger partial charge in [-0.2, -0.15) is 18.4 Å². The van der Waals surface area contributed by atoms with Crippen molar-refractivity contribution >= 4 is 0 Å². The van der Waals surface area contributed by atoms with Gasteiger partial charge < -0.3 is 9.47 Å². The molecule has 1 aromatic rings. The van der Waals surface area contributed by atoms with Gasteiger partial charge in [0.05, 0.1) is 19.3 Å². The summed E-state index contributed by atoms with van der Waals surface area (Å²) in [5.74, 6) is 0.380. The number of halogens is 3. The smallest absolute Gasteiger partial charge is 0.414 e. The average molecular weight is 259 g/mol. The third-order valence-electron chi connectivity index (χ3n) is 2.35. The lowest BCUT2D eigenvalue weighted by Gasteiger charge is -2.16. The third kappa shape index (κ3) is 3.64. The Morgan fingerprint density at radius 3 is 2.56 bits per heavy atom. The quantitative estimate of drug-likeness (QED) is 0.834. The standard InChI is InChI=1S/C12H12F3NO2/c1-8(12(13,14)15)18-7-9-3-4-11(17-2)10(5-9)6-16/h3-5,8H,7H2,1-2H3. The van der Waals surface area contributed by atoms with Crippen molar-refractivity contribution < 1.29 is 22.6 Å². The third-order valence-corrected chi connectivity index (χ3v) is 2.35. The van der Waals surface area contributed by atoms with Crippen molar-refractivity contribution in [3.8, 4) is 11.8 Å². The summed E-state index contributed by atoms with van der Waals surface area (Å²) in [5.41, 5.74) is 0.752. The molecular formula is C12H12F3NO2. The van der Waals surface area contributed by atoms with Crippen LogP contribution in [-0.4, -0.2) is 19.4 Å². The Morgan fingerprint density at radius 1 is 1.39 bits per heavy atom. The van der Waals surface area contributed by atoms with Gasteiger partial charge in [-0.25, -0.2) is 0 Å². The van der Waals surface area contributed by atoms with Crippen molar-refractivity contribution in [1.82, 2.24) is 0 Å². The highest BCUT2D eigenvalue weighted by molar-refractivity contribution is 5.45. The van der Waals surface area contributed by atoms with E-state index in [1.165, 1.54) is 19.2 Å². The molecule has 0 bridgehead atoms. The summed E-state index contributed by atoms with van der Waals surface area (Å²) in [7, 11) is 1.41. The van der Waals surface area contributed by atoms with Gasteiger partial charge in [-0.15, -0.1) is 0 Å². The maximum atomic E-state index is 12.2. The van der Waals surface area contributed by atoms with E-state index in [1.54, 1.807) is 6.07 Å². The number of nitriles is 1. The van der Waals surface area contributed by atoms with Crippen molar-refractivity contribution in [2.45, 2.75) is 25.8 Å². The summed E-state index contributed by atoms with van der Waals surface area (Å²) < 4.78 is 46.3. The lowest BCUT2D eigenvalue weighted by Crippen LogP contribution is -2.28. The second kappa shape index (κ2) is 5.74. The van der Waals surface area contributed by atoms with E-state index < -0.39 is 12.3 Å². The lowest BCUT2D eigenvalue weighted by molar-refractivity contribution is -0.217. The van der Waals surface area contributed by atoms with Gasteiger partial charge in [-0.1, -0.05) is 6.07 Å². The number of alkyl halides is 3. The van der Waals surface area contributed by atoms with Gasteiger partial charge in [0, 0.05) is 0 Å². The Labute approximate surface area is 103 Å². The molecule has 6 heteroatoms. The summed E-state index contributed by atoms with van der Waals surface area (Å²) in [6.07, 6.45) is -6.23. The minimum Gasteiger partial charge on any atom is -0.495 e. The predicted octanol–water partition coefficient (Wildman–Crippen LogP) is 3.03. The molecule has 0 N–H and O–H groups in total. The van der Waals surface area contributed by atoms with Crippen LogP contribution in [0.4, 0.5) is 13.2 Å². The molecule has 18 heavy (non-hydrogen) atoms. The largest absolute Gasteiger partial charge is 0.495 e. The molecule has 1 unspecified atom stereocenters. The molecule has 0 aliphatic carbocycles. The Balaban J connectivity index is 2.73. The summed E-state index contributed by atoms with van der Waals surface area (Å²) in [5, 5.41) is 8.83. The molecular weight excluding hydrogens is 247 g/mol. The van der Waals surface area contributed by atoms with Crippen LogP contribution in [-0.2, 0) is 11.3 Å². The van der Waals surface area contributed by atoms with Crippen LogP contribution in [0.25, 0.3) is 0 Å². The number of nitrogens with zero attached hydrogens (tertiary/aromatic N) is 1. The van der Waals surface area contributed by atoms with Gasteiger partial charge >= 0.3 is 6.18 Å². The number of benzene rings is 1. The number of rotatable bonds is 4. The molecule has 3 nitrogen and oxygen atoms in total. The first-order valence-electron chi connectivity index (χ1n) is 5.13. The van der Waals surface area contributed by atoms with Crippen LogP contribution in [0.5, 0.6) is 5.75 Å². The SMILES string of the molecule is COc1ccc(COC(C)C(F)(F)F)cc1C#N. The fraction of sp³-hybridized carbons (Fsp3) is 0.417. The van der Waals surface area contributed by atoms with E-state index in [4.69, 9.17) is 14.7 Å². The normalized spacial score (nSPS) is 12.9. The molecule has 1 rings (SSSR count). The number of hydrogen-bond donors (Lipinski definition) is 0. The fourth-order valence-corrected chi connectivity index (χ4v) is 1.25. The number of ether oxygens (including phenoxy) is 2. The predicted molar refractivity (Wildman–Crippen MR) is 58.0 cm³/mol. The maximum Gasteiger partial charge on any atom is 0.414 e. The molecule has 0 radical (unpaired) electrons. The minimum atomic E-state index is -4.38. The lowest BCUT2D eigenvalue weighted by atomic mass is 10.1. The van der Waals surface area contributed by atoms with Gasteiger partial charge in [0.2, 0.25) is 0 Å². The molecule has 0 amide bonds. The maximum absolute atomic E-state index is 12.2. The van der Waals surface area contributed by atoms with E-state index in [0.717, 1.165) is 6.92 Å². The first-order chi connectivity index (χ1) is 8.38. The Kier molecular flexibility index (Phi) is 4.56. The number of hydrogen-bond acceptors (Lipinski definition) is 3. The zero-order valence-electron chi connectivity index (χ0n) is 9.91. The van der Waals surface area contributed by atoms with Crippen molar-refractivity contribution in [2.24, 2.45) is 0 Å². The van der Waals surface area contributed by atoms with Gasteiger partial charge in [0.25, 0.3) is 0 Å². The van der Waals surface area contributed by atoms with E-state index in [1.807, 2.05) is 6.07 Å². The van der Waals surface area contributed by atoms with Gasteiger partial charge in [0.15, 0.2) is 6.10 Å². The van der Waals surface area contributed by atoms with Crippen LogP contribution in [0.3, 0.4) is 0 Å². The first-order valence-corrected chi connectivity index (χ1v) is 5.13. The van der Waals surface area contributed by atoms with Crippen LogP contribution in [0.2, 0.25) is 0 Å². The van der Waals surface area contributed by atoms with Gasteiger partial charge in [-0.3, -0.25) is 0 Å². The van der Waals surface area contributed by atoms with Crippen LogP contribution in [0, 0.1) is 11.3 Å². The van der Waals surface area contributed by atoms with E-state index in [9.17, 15) is 13.2 Å². The summed E-state index contributed by atoms with van der Waals surface area (Å²) >= 11 is 0. The van der Waals surface area contributed by atoms with E-state index in [2.05, 4.69) is 0 Å². The average Bonchev–Trinajstić information content (AvgIpc) is 2.34. The highest BCUT2D eigenvalue weighted by Crippen LogP contribution is 2.24. The second-order valence-corrected chi connectivity index (χ2v) is 3.64. The highest BCUT2D eigenvalue weighted by atomic mass is 19.4. The second-order valence-electron chi connectivity index (χ2n) is 3.64. The van der Waals surface area contributed by atoms with Crippen LogP contribution < -0.4 is 4.74 Å². The molecule has 0 spiro atoms. The van der Waals surface area contributed by atoms with Crippen LogP contribution in [0.1, 0.15) is 18.1 Å². The van der Waals surface area contributed by atoms with E-state index in [-0.39, 0.29) is 12.2 Å². The Hall–Kier alpha value is -1.74.